The van der Waals surface area contributed by atoms with Crippen LogP contribution >= 0.6 is 0 Å². The molecule has 2 nitrogen and oxygen atoms in total. The van der Waals surface area contributed by atoms with Crippen molar-refractivity contribution in [3.63, 3.8) is 0 Å². The molecule has 1 unspecified atom stereocenters. The fraction of sp³-hybridized carbons (Fsp3) is 0.571. The highest BCUT2D eigenvalue weighted by molar-refractivity contribution is 5.26. The minimum absolute atomic E-state index is 0.139. The topological polar surface area (TPSA) is 32.3 Å². The van der Waals surface area contributed by atoms with Gasteiger partial charge in [-0.15, -0.1) is 0 Å². The van der Waals surface area contributed by atoms with Gasteiger partial charge in [-0.05, 0) is 30.9 Å². The molecule has 0 aliphatic heterocycles. The Morgan fingerprint density at radius 1 is 1.00 bits per heavy atom. The third kappa shape index (κ3) is 3.62. The van der Waals surface area contributed by atoms with Gasteiger partial charge in [-0.25, -0.2) is 0 Å². The first-order chi connectivity index (χ1) is 7.54. The van der Waals surface area contributed by atoms with E-state index in [1.54, 1.807) is 0 Å². The van der Waals surface area contributed by atoms with Gasteiger partial charge in [0.1, 0.15) is 0 Å². The molecule has 90 valence electrons. The Morgan fingerprint density at radius 2 is 1.50 bits per heavy atom. The molecular weight excluding hydrogens is 198 g/mol. The maximum atomic E-state index is 8.98. The van der Waals surface area contributed by atoms with Gasteiger partial charge >= 0.3 is 0 Å². The van der Waals surface area contributed by atoms with Gasteiger partial charge in [0, 0.05) is 12.1 Å². The van der Waals surface area contributed by atoms with Crippen LogP contribution in [0, 0.1) is 0 Å². The van der Waals surface area contributed by atoms with Crippen LogP contribution in [0.2, 0.25) is 0 Å². The molecule has 2 atom stereocenters. The summed E-state index contributed by atoms with van der Waals surface area (Å²) in [6, 6.07) is 9.11. The van der Waals surface area contributed by atoms with Crippen molar-refractivity contribution >= 4 is 0 Å². The van der Waals surface area contributed by atoms with Gasteiger partial charge in [-0.1, -0.05) is 38.1 Å². The summed E-state index contributed by atoms with van der Waals surface area (Å²) in [7, 11) is 0. The van der Waals surface area contributed by atoms with Crippen molar-refractivity contribution in [1.29, 1.82) is 0 Å². The average Bonchev–Trinajstić information content (AvgIpc) is 2.28. The van der Waals surface area contributed by atoms with E-state index in [1.807, 2.05) is 6.92 Å². The molecule has 2 heteroatoms. The number of benzene rings is 1. The molecule has 16 heavy (non-hydrogen) atoms. The molecule has 2 N–H and O–H groups in total. The molecule has 0 fully saturated rings. The van der Waals surface area contributed by atoms with Crippen LogP contribution in [-0.2, 0) is 0 Å². The van der Waals surface area contributed by atoms with Crippen LogP contribution < -0.4 is 5.32 Å². The van der Waals surface area contributed by atoms with Gasteiger partial charge in [0.2, 0.25) is 0 Å². The summed E-state index contributed by atoms with van der Waals surface area (Å²) in [6.45, 7) is 8.68. The molecule has 1 aromatic carbocycles. The van der Waals surface area contributed by atoms with Gasteiger partial charge in [-0.2, -0.15) is 0 Å². The lowest BCUT2D eigenvalue weighted by Gasteiger charge is -2.19. The third-order valence-corrected chi connectivity index (χ3v) is 2.91. The Balaban J connectivity index is 2.66. The molecule has 0 saturated carbocycles. The van der Waals surface area contributed by atoms with E-state index in [1.165, 1.54) is 11.1 Å². The highest BCUT2D eigenvalue weighted by atomic mass is 16.3. The summed E-state index contributed by atoms with van der Waals surface area (Å²) in [5.74, 6) is 0.577. The van der Waals surface area contributed by atoms with Gasteiger partial charge in [0.25, 0.3) is 0 Å². The van der Waals surface area contributed by atoms with Crippen molar-refractivity contribution in [3.8, 4) is 0 Å². The molecule has 0 bridgehead atoms. The average molecular weight is 221 g/mol. The molecule has 1 rings (SSSR count). The molecule has 0 amide bonds. The summed E-state index contributed by atoms with van der Waals surface area (Å²) < 4.78 is 0. The van der Waals surface area contributed by atoms with E-state index in [0.717, 1.165) is 0 Å². The quantitative estimate of drug-likeness (QED) is 0.801. The Labute approximate surface area is 98.7 Å². The molecule has 0 spiro atoms. The van der Waals surface area contributed by atoms with Crippen LogP contribution in [0.25, 0.3) is 0 Å². The molecule has 0 heterocycles. The predicted octanol–water partition coefficient (Wildman–Crippen LogP) is 2.84. The Morgan fingerprint density at radius 3 is 1.94 bits per heavy atom. The minimum Gasteiger partial charge on any atom is -0.395 e. The lowest BCUT2D eigenvalue weighted by Crippen LogP contribution is -2.31. The van der Waals surface area contributed by atoms with E-state index in [-0.39, 0.29) is 18.7 Å². The van der Waals surface area contributed by atoms with Crippen molar-refractivity contribution in [2.45, 2.75) is 45.7 Å². The molecule has 0 radical (unpaired) electrons. The van der Waals surface area contributed by atoms with Gasteiger partial charge < -0.3 is 10.4 Å². The predicted molar refractivity (Wildman–Crippen MR) is 68.6 cm³/mol. The van der Waals surface area contributed by atoms with Crippen molar-refractivity contribution < 1.29 is 5.11 Å². The van der Waals surface area contributed by atoms with Crippen molar-refractivity contribution in [3.05, 3.63) is 35.4 Å². The molecule has 0 aliphatic carbocycles. The second-order valence-corrected chi connectivity index (χ2v) is 4.79. The highest BCUT2D eigenvalue weighted by Crippen LogP contribution is 2.18. The van der Waals surface area contributed by atoms with Crippen LogP contribution in [0.15, 0.2) is 24.3 Å². The molecule has 0 saturated heterocycles. The van der Waals surface area contributed by atoms with E-state index in [4.69, 9.17) is 5.11 Å². The van der Waals surface area contributed by atoms with E-state index in [2.05, 4.69) is 50.4 Å². The summed E-state index contributed by atoms with van der Waals surface area (Å²) in [5, 5.41) is 12.3. The Kier molecular flexibility index (Phi) is 4.97. The monoisotopic (exact) mass is 221 g/mol. The van der Waals surface area contributed by atoms with E-state index in [0.29, 0.717) is 5.92 Å². The zero-order valence-electron chi connectivity index (χ0n) is 10.7. The van der Waals surface area contributed by atoms with Crippen LogP contribution in [0.4, 0.5) is 0 Å². The molecule has 0 aliphatic rings. The van der Waals surface area contributed by atoms with Gasteiger partial charge in [0.05, 0.1) is 6.61 Å². The van der Waals surface area contributed by atoms with E-state index < -0.39 is 0 Å². The maximum absolute atomic E-state index is 8.98. The number of hydrogen-bond acceptors (Lipinski definition) is 2. The number of aliphatic hydroxyl groups excluding tert-OH is 1. The Bertz CT molecular complexity index is 305. The second-order valence-electron chi connectivity index (χ2n) is 4.79. The maximum Gasteiger partial charge on any atom is 0.0582 e. The minimum atomic E-state index is 0.139. The van der Waals surface area contributed by atoms with Crippen molar-refractivity contribution in [2.75, 3.05) is 6.61 Å². The zero-order valence-corrected chi connectivity index (χ0v) is 10.7. The first-order valence-corrected chi connectivity index (χ1v) is 6.01. The molecular formula is C14H23NO. The number of hydrogen-bond donors (Lipinski definition) is 2. The van der Waals surface area contributed by atoms with Crippen LogP contribution in [0.1, 0.15) is 50.8 Å². The summed E-state index contributed by atoms with van der Waals surface area (Å²) >= 11 is 0. The third-order valence-electron chi connectivity index (χ3n) is 2.91. The van der Waals surface area contributed by atoms with E-state index in [9.17, 15) is 0 Å². The van der Waals surface area contributed by atoms with Gasteiger partial charge in [0.15, 0.2) is 0 Å². The number of nitrogens with one attached hydrogen (secondary N) is 1. The summed E-state index contributed by atoms with van der Waals surface area (Å²) in [6.07, 6.45) is 0. The number of rotatable bonds is 5. The smallest absolute Gasteiger partial charge is 0.0582 e. The highest BCUT2D eigenvalue weighted by Gasteiger charge is 2.08. The first kappa shape index (κ1) is 13.2. The normalized spacial score (nSPS) is 15.1. The van der Waals surface area contributed by atoms with E-state index >= 15 is 0 Å². The second kappa shape index (κ2) is 6.02. The fourth-order valence-electron chi connectivity index (χ4n) is 1.75. The first-order valence-electron chi connectivity index (χ1n) is 6.01. The molecule has 0 aromatic heterocycles. The van der Waals surface area contributed by atoms with Crippen LogP contribution in [0.5, 0.6) is 0 Å². The SMILES string of the molecule is CC(C)c1ccc(C(C)N[C@@H](C)CO)cc1. The number of aliphatic hydroxyl groups is 1. The van der Waals surface area contributed by atoms with Crippen LogP contribution in [0.3, 0.4) is 0 Å². The summed E-state index contributed by atoms with van der Waals surface area (Å²) in [5.41, 5.74) is 2.64. The van der Waals surface area contributed by atoms with Gasteiger partial charge in [-0.3, -0.25) is 0 Å². The van der Waals surface area contributed by atoms with Crippen molar-refractivity contribution in [1.82, 2.24) is 5.32 Å². The molecule has 1 aromatic rings. The standard InChI is InChI=1S/C14H23NO/c1-10(2)13-5-7-14(8-6-13)12(4)15-11(3)9-16/h5-8,10-12,15-16H,9H2,1-4H3/t11-,12?/m0/s1. The fourth-order valence-corrected chi connectivity index (χ4v) is 1.75. The van der Waals surface area contributed by atoms with Crippen molar-refractivity contribution in [2.24, 2.45) is 0 Å². The summed E-state index contributed by atoms with van der Waals surface area (Å²) in [4.78, 5) is 0. The zero-order chi connectivity index (χ0) is 12.1. The lowest BCUT2D eigenvalue weighted by molar-refractivity contribution is 0.243. The largest absolute Gasteiger partial charge is 0.395 e. The van der Waals surface area contributed by atoms with Crippen LogP contribution in [-0.4, -0.2) is 17.8 Å². The lowest BCUT2D eigenvalue weighted by atomic mass is 9.99. The Hall–Kier alpha value is -0.860.